The highest BCUT2D eigenvalue weighted by atomic mass is 32.2. The van der Waals surface area contributed by atoms with Gasteiger partial charge in [0.2, 0.25) is 15.9 Å². The van der Waals surface area contributed by atoms with Gasteiger partial charge in [-0.05, 0) is 54.6 Å². The molecule has 0 bridgehead atoms. The highest BCUT2D eigenvalue weighted by Crippen LogP contribution is 2.22. The number of hydrogen-bond acceptors (Lipinski definition) is 4. The quantitative estimate of drug-likeness (QED) is 0.786. The summed E-state index contributed by atoms with van der Waals surface area (Å²) in [6.07, 6.45) is 7.19. The fourth-order valence-corrected chi connectivity index (χ4v) is 5.00. The summed E-state index contributed by atoms with van der Waals surface area (Å²) in [4.78, 5) is 13.2. The lowest BCUT2D eigenvalue weighted by Crippen LogP contribution is -2.31. The maximum Gasteiger partial charge on any atom is 0.248 e. The smallest absolute Gasteiger partial charge is 0.248 e. The summed E-state index contributed by atoms with van der Waals surface area (Å²) in [7, 11) is -3.46. The van der Waals surface area contributed by atoms with E-state index < -0.39 is 10.0 Å². The summed E-state index contributed by atoms with van der Waals surface area (Å²) in [5.41, 5.74) is 0.570. The van der Waals surface area contributed by atoms with E-state index in [-0.39, 0.29) is 10.8 Å². The fourth-order valence-electron chi connectivity index (χ4n) is 2.87. The van der Waals surface area contributed by atoms with Crippen molar-refractivity contribution in [1.29, 1.82) is 0 Å². The number of thiophene rings is 1. The van der Waals surface area contributed by atoms with Crippen molar-refractivity contribution < 1.29 is 13.2 Å². The third kappa shape index (κ3) is 4.81. The van der Waals surface area contributed by atoms with Crippen LogP contribution in [0.2, 0.25) is 0 Å². The van der Waals surface area contributed by atoms with Gasteiger partial charge in [-0.25, -0.2) is 8.42 Å². The van der Waals surface area contributed by atoms with Gasteiger partial charge in [0.1, 0.15) is 0 Å². The Hall–Kier alpha value is -1.96. The number of nitrogens with zero attached hydrogens (tertiary/aromatic N) is 1. The van der Waals surface area contributed by atoms with Gasteiger partial charge < -0.3 is 5.32 Å². The number of anilines is 1. The van der Waals surface area contributed by atoms with E-state index in [9.17, 15) is 13.2 Å². The van der Waals surface area contributed by atoms with Crippen molar-refractivity contribution in [2.75, 3.05) is 18.4 Å². The molecule has 0 spiro atoms. The van der Waals surface area contributed by atoms with Crippen LogP contribution in [0, 0.1) is 0 Å². The topological polar surface area (TPSA) is 66.5 Å². The zero-order chi connectivity index (χ0) is 18.4. The van der Waals surface area contributed by atoms with Gasteiger partial charge >= 0.3 is 0 Å². The van der Waals surface area contributed by atoms with Gasteiger partial charge in [-0.3, -0.25) is 4.79 Å². The maximum atomic E-state index is 12.7. The van der Waals surface area contributed by atoms with E-state index in [1.807, 2.05) is 17.5 Å². The van der Waals surface area contributed by atoms with Crippen LogP contribution in [0.5, 0.6) is 0 Å². The zero-order valence-corrected chi connectivity index (χ0v) is 16.1. The van der Waals surface area contributed by atoms with Crippen LogP contribution in [0.25, 0.3) is 6.08 Å². The lowest BCUT2D eigenvalue weighted by molar-refractivity contribution is -0.111. The Morgan fingerprint density at radius 3 is 2.35 bits per heavy atom. The van der Waals surface area contributed by atoms with Gasteiger partial charge in [0, 0.05) is 29.7 Å². The molecule has 7 heteroatoms. The third-order valence-corrected chi connectivity index (χ3v) is 7.02. The lowest BCUT2D eigenvalue weighted by atomic mass is 10.2. The summed E-state index contributed by atoms with van der Waals surface area (Å²) >= 11 is 1.55. The Balaban J connectivity index is 1.65. The molecule has 1 fully saturated rings. The number of sulfonamides is 1. The van der Waals surface area contributed by atoms with Crippen molar-refractivity contribution in [1.82, 2.24) is 4.31 Å². The zero-order valence-electron chi connectivity index (χ0n) is 14.4. The molecule has 1 aliphatic rings. The molecule has 1 aromatic carbocycles. The highest BCUT2D eigenvalue weighted by molar-refractivity contribution is 7.89. The monoisotopic (exact) mass is 390 g/mol. The molecular formula is C19H22N2O3S2. The average Bonchev–Trinajstić information content (AvgIpc) is 3.00. The van der Waals surface area contributed by atoms with Crippen LogP contribution in [-0.2, 0) is 14.8 Å². The molecule has 1 N–H and O–H groups in total. The first-order valence-electron chi connectivity index (χ1n) is 8.68. The van der Waals surface area contributed by atoms with Crippen molar-refractivity contribution in [2.45, 2.75) is 30.6 Å². The van der Waals surface area contributed by atoms with E-state index >= 15 is 0 Å². The van der Waals surface area contributed by atoms with Crippen LogP contribution < -0.4 is 5.32 Å². The molecule has 0 radical (unpaired) electrons. The number of rotatable bonds is 5. The third-order valence-electron chi connectivity index (χ3n) is 4.27. The van der Waals surface area contributed by atoms with Crippen LogP contribution in [0.4, 0.5) is 5.69 Å². The van der Waals surface area contributed by atoms with Gasteiger partial charge in [0.05, 0.1) is 4.90 Å². The summed E-state index contributed by atoms with van der Waals surface area (Å²) < 4.78 is 27.0. The van der Waals surface area contributed by atoms with Crippen molar-refractivity contribution in [3.05, 3.63) is 52.7 Å². The Labute approximate surface area is 158 Å². The number of carbonyl (C=O) groups is 1. The highest BCUT2D eigenvalue weighted by Gasteiger charge is 2.24. The van der Waals surface area contributed by atoms with E-state index in [4.69, 9.17) is 0 Å². The maximum absolute atomic E-state index is 12.7. The number of hydrogen-bond donors (Lipinski definition) is 1. The second kappa shape index (κ2) is 8.62. The lowest BCUT2D eigenvalue weighted by Gasteiger charge is -2.20. The van der Waals surface area contributed by atoms with Crippen molar-refractivity contribution in [3.8, 4) is 0 Å². The molecule has 0 aliphatic carbocycles. The van der Waals surface area contributed by atoms with E-state index in [1.165, 1.54) is 6.08 Å². The minimum atomic E-state index is -3.46. The molecular weight excluding hydrogens is 368 g/mol. The van der Waals surface area contributed by atoms with E-state index in [0.29, 0.717) is 18.8 Å². The van der Waals surface area contributed by atoms with Crippen LogP contribution in [0.1, 0.15) is 30.6 Å². The van der Waals surface area contributed by atoms with E-state index in [1.54, 1.807) is 46.0 Å². The first-order valence-corrected chi connectivity index (χ1v) is 11.0. The fraction of sp³-hybridized carbons (Fsp3) is 0.316. The van der Waals surface area contributed by atoms with Gasteiger partial charge in [-0.1, -0.05) is 18.9 Å². The first kappa shape index (κ1) is 18.8. The van der Waals surface area contributed by atoms with E-state index in [2.05, 4.69) is 5.32 Å². The molecule has 138 valence electrons. The molecule has 2 heterocycles. The molecule has 1 aliphatic heterocycles. The van der Waals surface area contributed by atoms with Crippen molar-refractivity contribution >= 4 is 39.0 Å². The van der Waals surface area contributed by atoms with Crippen LogP contribution in [-0.4, -0.2) is 31.7 Å². The van der Waals surface area contributed by atoms with Gasteiger partial charge in [0.25, 0.3) is 0 Å². The van der Waals surface area contributed by atoms with Crippen molar-refractivity contribution in [2.24, 2.45) is 0 Å². The molecule has 0 saturated carbocycles. The molecule has 0 unspecified atom stereocenters. The number of benzene rings is 1. The van der Waals surface area contributed by atoms with Crippen LogP contribution in [0.15, 0.2) is 52.7 Å². The largest absolute Gasteiger partial charge is 0.323 e. The number of nitrogens with one attached hydrogen (secondary N) is 1. The summed E-state index contributed by atoms with van der Waals surface area (Å²) in [5, 5.41) is 4.69. The Morgan fingerprint density at radius 1 is 1.04 bits per heavy atom. The van der Waals surface area contributed by atoms with Gasteiger partial charge in [-0.2, -0.15) is 4.31 Å². The Kier molecular flexibility index (Phi) is 6.24. The van der Waals surface area contributed by atoms with Crippen molar-refractivity contribution in [3.63, 3.8) is 0 Å². The SMILES string of the molecule is O=C(C=Cc1cccs1)Nc1ccc(S(=O)(=O)N2CCCCCC2)cc1. The molecule has 3 rings (SSSR count). The van der Waals surface area contributed by atoms with E-state index in [0.717, 1.165) is 30.6 Å². The normalized spacial score (nSPS) is 16.5. The van der Waals surface area contributed by atoms with Gasteiger partial charge in [-0.15, -0.1) is 11.3 Å². The summed E-state index contributed by atoms with van der Waals surface area (Å²) in [6.45, 7) is 1.16. The Bertz CT molecular complexity index is 849. The standard InChI is InChI=1S/C19H22N2O3S2/c22-19(12-9-17-6-5-15-25-17)20-16-7-10-18(11-8-16)26(23,24)21-13-3-1-2-4-14-21/h5-12,15H,1-4,13-14H2,(H,20,22). The molecule has 5 nitrogen and oxygen atoms in total. The number of carbonyl (C=O) groups excluding carboxylic acids is 1. The minimum Gasteiger partial charge on any atom is -0.323 e. The van der Waals surface area contributed by atoms with Crippen LogP contribution >= 0.6 is 11.3 Å². The Morgan fingerprint density at radius 2 is 1.73 bits per heavy atom. The molecule has 2 aromatic rings. The van der Waals surface area contributed by atoms with Crippen LogP contribution in [0.3, 0.4) is 0 Å². The molecule has 26 heavy (non-hydrogen) atoms. The predicted octanol–water partition coefficient (Wildman–Crippen LogP) is 3.96. The second-order valence-electron chi connectivity index (χ2n) is 6.18. The minimum absolute atomic E-state index is 0.249. The predicted molar refractivity (Wildman–Crippen MR) is 106 cm³/mol. The van der Waals surface area contributed by atoms with Gasteiger partial charge in [0.15, 0.2) is 0 Å². The summed E-state index contributed by atoms with van der Waals surface area (Å²) in [6, 6.07) is 10.2. The average molecular weight is 391 g/mol. The molecule has 0 atom stereocenters. The molecule has 1 aromatic heterocycles. The molecule has 1 amide bonds. The second-order valence-corrected chi connectivity index (χ2v) is 9.10. The molecule has 1 saturated heterocycles. The summed E-state index contributed by atoms with van der Waals surface area (Å²) in [5.74, 6) is -0.249. The number of amides is 1. The first-order chi connectivity index (χ1) is 12.6.